The molecule has 8 heteroatoms. The van der Waals surface area contributed by atoms with Crippen LogP contribution in [0.3, 0.4) is 0 Å². The van der Waals surface area contributed by atoms with Crippen LogP contribution >= 0.6 is 11.6 Å². The van der Waals surface area contributed by atoms with Gasteiger partial charge in [-0.05, 0) is 31.2 Å². The van der Waals surface area contributed by atoms with E-state index in [1.807, 2.05) is 24.1 Å². The van der Waals surface area contributed by atoms with Crippen molar-refractivity contribution in [3.05, 3.63) is 41.0 Å². The molecule has 0 aliphatic carbocycles. The third-order valence-corrected chi connectivity index (χ3v) is 3.30. The summed E-state index contributed by atoms with van der Waals surface area (Å²) in [7, 11) is 3.65. The van der Waals surface area contributed by atoms with E-state index in [2.05, 4.69) is 20.4 Å². The molecule has 124 valence electrons. The fourth-order valence-electron chi connectivity index (χ4n) is 1.89. The Kier molecular flexibility index (Phi) is 6.22. The smallest absolute Gasteiger partial charge is 0.246 e. The number of nitrogens with zero attached hydrogens (tertiary/aromatic N) is 4. The van der Waals surface area contributed by atoms with E-state index in [0.29, 0.717) is 36.4 Å². The minimum absolute atomic E-state index is 0.426. The SMILES string of the molecule is CN=C(NCc1nc(C)no1)N(C)CCOc1ccc(Cl)cc1. The molecule has 0 saturated heterocycles. The van der Waals surface area contributed by atoms with Crippen LogP contribution in [-0.4, -0.2) is 48.2 Å². The van der Waals surface area contributed by atoms with Gasteiger partial charge in [-0.3, -0.25) is 4.99 Å². The number of hydrogen-bond donors (Lipinski definition) is 1. The highest BCUT2D eigenvalue weighted by atomic mass is 35.5. The molecule has 0 saturated carbocycles. The zero-order chi connectivity index (χ0) is 16.7. The predicted molar refractivity (Wildman–Crippen MR) is 88.8 cm³/mol. The summed E-state index contributed by atoms with van der Waals surface area (Å²) in [6, 6.07) is 7.28. The number of ether oxygens (including phenoxy) is 1. The Morgan fingerprint density at radius 2 is 2.13 bits per heavy atom. The zero-order valence-electron chi connectivity index (χ0n) is 13.4. The second kappa shape index (κ2) is 8.38. The molecule has 0 radical (unpaired) electrons. The molecule has 1 aromatic heterocycles. The first-order valence-corrected chi connectivity index (χ1v) is 7.55. The maximum Gasteiger partial charge on any atom is 0.246 e. The standard InChI is InChI=1S/C15H20ClN5O2/c1-11-19-14(23-20-11)10-18-15(17-2)21(3)8-9-22-13-6-4-12(16)5-7-13/h4-7H,8-10H2,1-3H3,(H,17,18). The van der Waals surface area contributed by atoms with Crippen molar-refractivity contribution in [2.45, 2.75) is 13.5 Å². The van der Waals surface area contributed by atoms with Crippen LogP contribution in [0.5, 0.6) is 5.75 Å². The Bertz CT molecular complexity index is 642. The minimum atomic E-state index is 0.426. The lowest BCUT2D eigenvalue weighted by Crippen LogP contribution is -2.40. The molecule has 0 bridgehead atoms. The molecule has 0 aliphatic rings. The van der Waals surface area contributed by atoms with Gasteiger partial charge in [-0.2, -0.15) is 4.98 Å². The molecule has 0 atom stereocenters. The number of likely N-dealkylation sites (N-methyl/N-ethyl adjacent to an activating group) is 1. The fraction of sp³-hybridized carbons (Fsp3) is 0.400. The lowest BCUT2D eigenvalue weighted by atomic mass is 10.3. The molecule has 2 aromatic rings. The van der Waals surface area contributed by atoms with Crippen LogP contribution in [0.2, 0.25) is 5.02 Å². The summed E-state index contributed by atoms with van der Waals surface area (Å²) in [6.07, 6.45) is 0. The van der Waals surface area contributed by atoms with Crippen LogP contribution in [0.4, 0.5) is 0 Å². The van der Waals surface area contributed by atoms with Crippen LogP contribution < -0.4 is 10.1 Å². The van der Waals surface area contributed by atoms with E-state index in [1.165, 1.54) is 0 Å². The lowest BCUT2D eigenvalue weighted by molar-refractivity contribution is 0.280. The second-order valence-electron chi connectivity index (χ2n) is 4.86. The molecule has 0 fully saturated rings. The Morgan fingerprint density at radius 1 is 1.39 bits per heavy atom. The van der Waals surface area contributed by atoms with E-state index in [1.54, 1.807) is 26.1 Å². The van der Waals surface area contributed by atoms with Crippen molar-refractivity contribution >= 4 is 17.6 Å². The van der Waals surface area contributed by atoms with Gasteiger partial charge in [-0.15, -0.1) is 0 Å². The monoisotopic (exact) mass is 337 g/mol. The zero-order valence-corrected chi connectivity index (χ0v) is 14.2. The van der Waals surface area contributed by atoms with Crippen molar-refractivity contribution in [2.24, 2.45) is 4.99 Å². The van der Waals surface area contributed by atoms with Crippen molar-refractivity contribution in [1.29, 1.82) is 0 Å². The molecule has 1 N–H and O–H groups in total. The summed E-state index contributed by atoms with van der Waals surface area (Å²) >= 11 is 5.84. The quantitative estimate of drug-likeness (QED) is 0.642. The first-order chi connectivity index (χ1) is 11.1. The number of rotatable bonds is 6. The van der Waals surface area contributed by atoms with E-state index < -0.39 is 0 Å². The Labute approximate surface area is 140 Å². The van der Waals surface area contributed by atoms with Crippen molar-refractivity contribution in [3.63, 3.8) is 0 Å². The molecule has 0 amide bonds. The molecule has 1 heterocycles. The van der Waals surface area contributed by atoms with Gasteiger partial charge in [-0.1, -0.05) is 16.8 Å². The van der Waals surface area contributed by atoms with E-state index in [-0.39, 0.29) is 0 Å². The van der Waals surface area contributed by atoms with Crippen LogP contribution in [0.1, 0.15) is 11.7 Å². The van der Waals surface area contributed by atoms with Crippen LogP contribution in [-0.2, 0) is 6.54 Å². The highest BCUT2D eigenvalue weighted by molar-refractivity contribution is 6.30. The van der Waals surface area contributed by atoms with Crippen LogP contribution in [0.25, 0.3) is 0 Å². The molecule has 0 spiro atoms. The van der Waals surface area contributed by atoms with Crippen molar-refractivity contribution in [1.82, 2.24) is 20.4 Å². The minimum Gasteiger partial charge on any atom is -0.492 e. The summed E-state index contributed by atoms with van der Waals surface area (Å²) in [5.74, 6) is 2.64. The first-order valence-electron chi connectivity index (χ1n) is 7.18. The molecule has 23 heavy (non-hydrogen) atoms. The van der Waals surface area contributed by atoms with E-state index in [9.17, 15) is 0 Å². The second-order valence-corrected chi connectivity index (χ2v) is 5.30. The van der Waals surface area contributed by atoms with E-state index in [4.69, 9.17) is 20.9 Å². The highest BCUT2D eigenvalue weighted by Gasteiger charge is 2.08. The van der Waals surface area contributed by atoms with Gasteiger partial charge in [0.2, 0.25) is 5.89 Å². The number of guanidine groups is 1. The number of aryl methyl sites for hydroxylation is 1. The van der Waals surface area contributed by atoms with Crippen molar-refractivity contribution < 1.29 is 9.26 Å². The summed E-state index contributed by atoms with van der Waals surface area (Å²) in [5.41, 5.74) is 0. The van der Waals surface area contributed by atoms with Crippen molar-refractivity contribution in [3.8, 4) is 5.75 Å². The third kappa shape index (κ3) is 5.45. The molecule has 7 nitrogen and oxygen atoms in total. The van der Waals surface area contributed by atoms with Gasteiger partial charge in [0, 0.05) is 19.1 Å². The van der Waals surface area contributed by atoms with Crippen LogP contribution in [0.15, 0.2) is 33.8 Å². The number of benzene rings is 1. The van der Waals surface area contributed by atoms with Crippen molar-refractivity contribution in [2.75, 3.05) is 27.2 Å². The number of nitrogens with one attached hydrogen (secondary N) is 1. The third-order valence-electron chi connectivity index (χ3n) is 3.05. The molecule has 2 rings (SSSR count). The summed E-state index contributed by atoms with van der Waals surface area (Å²) in [4.78, 5) is 10.3. The normalized spacial score (nSPS) is 11.4. The van der Waals surface area contributed by atoms with Gasteiger partial charge in [0.25, 0.3) is 0 Å². The van der Waals surface area contributed by atoms with Gasteiger partial charge in [0.05, 0.1) is 13.1 Å². The number of halogens is 1. The predicted octanol–water partition coefficient (Wildman–Crippen LogP) is 2.12. The Balaban J connectivity index is 1.76. The number of hydrogen-bond acceptors (Lipinski definition) is 5. The van der Waals surface area contributed by atoms with Gasteiger partial charge in [0.1, 0.15) is 12.4 Å². The van der Waals surface area contributed by atoms with E-state index >= 15 is 0 Å². The fourth-order valence-corrected chi connectivity index (χ4v) is 2.01. The molecule has 1 aromatic carbocycles. The summed E-state index contributed by atoms with van der Waals surface area (Å²) in [6.45, 7) is 3.40. The topological polar surface area (TPSA) is 75.8 Å². The van der Waals surface area contributed by atoms with Gasteiger partial charge >= 0.3 is 0 Å². The molecule has 0 aliphatic heterocycles. The lowest BCUT2D eigenvalue weighted by Gasteiger charge is -2.21. The highest BCUT2D eigenvalue weighted by Crippen LogP contribution is 2.15. The maximum absolute atomic E-state index is 5.84. The molecule has 0 unspecified atom stereocenters. The summed E-state index contributed by atoms with van der Waals surface area (Å²) in [5, 5.41) is 7.60. The van der Waals surface area contributed by atoms with Gasteiger partial charge < -0.3 is 19.5 Å². The summed E-state index contributed by atoms with van der Waals surface area (Å²) < 4.78 is 10.7. The average Bonchev–Trinajstić information content (AvgIpc) is 2.95. The largest absolute Gasteiger partial charge is 0.492 e. The molecular formula is C15H20ClN5O2. The number of aromatic nitrogens is 2. The first kappa shape index (κ1) is 17.1. The maximum atomic E-state index is 5.84. The van der Waals surface area contributed by atoms with Gasteiger partial charge in [-0.25, -0.2) is 0 Å². The van der Waals surface area contributed by atoms with Gasteiger partial charge in [0.15, 0.2) is 11.8 Å². The van der Waals surface area contributed by atoms with Crippen LogP contribution in [0, 0.1) is 6.92 Å². The number of aliphatic imine (C=N–C) groups is 1. The van der Waals surface area contributed by atoms with E-state index in [0.717, 1.165) is 11.7 Å². The Hall–Kier alpha value is -2.28. The Morgan fingerprint density at radius 3 is 2.74 bits per heavy atom. The average molecular weight is 338 g/mol. The molecular weight excluding hydrogens is 318 g/mol.